The zero-order chi connectivity index (χ0) is 20.0. The van der Waals surface area contributed by atoms with Crippen molar-refractivity contribution < 1.29 is 28.3 Å². The van der Waals surface area contributed by atoms with Crippen LogP contribution in [0.3, 0.4) is 0 Å². The van der Waals surface area contributed by atoms with Crippen molar-refractivity contribution in [3.05, 3.63) is 54.0 Å². The molecule has 1 aromatic carbocycles. The average Bonchev–Trinajstić information content (AvgIpc) is 3.13. The second-order valence-electron chi connectivity index (χ2n) is 5.93. The van der Waals surface area contributed by atoms with Gasteiger partial charge < -0.3 is 20.2 Å². The topological polar surface area (TPSA) is 141 Å². The van der Waals surface area contributed by atoms with Crippen LogP contribution in [0.1, 0.15) is 34.8 Å². The van der Waals surface area contributed by atoms with Gasteiger partial charge >= 0.3 is 12.0 Å². The Morgan fingerprint density at radius 1 is 1.07 bits per heavy atom. The van der Waals surface area contributed by atoms with Crippen LogP contribution in [0.25, 0.3) is 0 Å². The SMILES string of the molecule is CC(C)[C@H](OC(=O)c1ccc(NC(=O)c2ccco2)cc1)C(=O)NC(N)=O. The van der Waals surface area contributed by atoms with Gasteiger partial charge in [-0.3, -0.25) is 14.9 Å². The molecule has 0 saturated carbocycles. The second kappa shape index (κ2) is 8.65. The quantitative estimate of drug-likeness (QED) is 0.661. The van der Waals surface area contributed by atoms with Crippen molar-refractivity contribution in [2.24, 2.45) is 11.7 Å². The van der Waals surface area contributed by atoms with Crippen LogP contribution in [0.15, 0.2) is 47.1 Å². The number of hydrogen-bond acceptors (Lipinski definition) is 6. The summed E-state index contributed by atoms with van der Waals surface area (Å²) in [6, 6.07) is 7.96. The first-order valence-electron chi connectivity index (χ1n) is 8.04. The lowest BCUT2D eigenvalue weighted by Crippen LogP contribution is -2.45. The zero-order valence-corrected chi connectivity index (χ0v) is 14.7. The molecule has 1 aromatic heterocycles. The first kappa shape index (κ1) is 19.7. The number of esters is 1. The molecule has 1 atom stereocenters. The highest BCUT2D eigenvalue weighted by Crippen LogP contribution is 2.15. The number of imide groups is 1. The van der Waals surface area contributed by atoms with Crippen molar-refractivity contribution in [3.8, 4) is 0 Å². The van der Waals surface area contributed by atoms with Gasteiger partial charge in [0.05, 0.1) is 11.8 Å². The fourth-order valence-electron chi connectivity index (χ4n) is 2.16. The summed E-state index contributed by atoms with van der Waals surface area (Å²) in [4.78, 5) is 46.9. The molecular weight excluding hydrogens is 354 g/mol. The van der Waals surface area contributed by atoms with Crippen LogP contribution in [0.2, 0.25) is 0 Å². The van der Waals surface area contributed by atoms with Crippen LogP contribution < -0.4 is 16.4 Å². The number of carbonyl (C=O) groups is 4. The predicted molar refractivity (Wildman–Crippen MR) is 94.9 cm³/mol. The highest BCUT2D eigenvalue weighted by Gasteiger charge is 2.27. The molecule has 0 aliphatic carbocycles. The summed E-state index contributed by atoms with van der Waals surface area (Å²) in [6.45, 7) is 3.32. The van der Waals surface area contributed by atoms with Gasteiger partial charge in [-0.05, 0) is 42.3 Å². The number of ether oxygens (including phenoxy) is 1. The van der Waals surface area contributed by atoms with E-state index < -0.39 is 29.9 Å². The number of nitrogens with two attached hydrogens (primary N) is 1. The number of nitrogens with one attached hydrogen (secondary N) is 2. The summed E-state index contributed by atoms with van der Waals surface area (Å²) < 4.78 is 10.2. The molecule has 0 fully saturated rings. The highest BCUT2D eigenvalue weighted by atomic mass is 16.5. The number of benzene rings is 1. The van der Waals surface area contributed by atoms with Crippen LogP contribution in [-0.4, -0.2) is 29.9 Å². The van der Waals surface area contributed by atoms with Gasteiger partial charge in [0.15, 0.2) is 11.9 Å². The number of hydrogen-bond donors (Lipinski definition) is 3. The van der Waals surface area contributed by atoms with Crippen molar-refractivity contribution in [1.29, 1.82) is 0 Å². The number of furan rings is 1. The summed E-state index contributed by atoms with van der Waals surface area (Å²) >= 11 is 0. The van der Waals surface area contributed by atoms with Crippen LogP contribution in [-0.2, 0) is 9.53 Å². The number of primary amides is 1. The molecule has 4 N–H and O–H groups in total. The Morgan fingerprint density at radius 2 is 1.74 bits per heavy atom. The predicted octanol–water partition coefficient (Wildman–Crippen LogP) is 1.91. The molecule has 0 radical (unpaired) electrons. The smallest absolute Gasteiger partial charge is 0.338 e. The van der Waals surface area contributed by atoms with E-state index in [4.69, 9.17) is 14.9 Å². The molecule has 0 saturated heterocycles. The number of urea groups is 1. The van der Waals surface area contributed by atoms with E-state index in [0.717, 1.165) is 0 Å². The lowest BCUT2D eigenvalue weighted by molar-refractivity contribution is -0.130. The molecule has 1 heterocycles. The molecule has 0 unspecified atom stereocenters. The first-order valence-corrected chi connectivity index (χ1v) is 8.04. The van der Waals surface area contributed by atoms with Crippen LogP contribution in [0.4, 0.5) is 10.5 Å². The van der Waals surface area contributed by atoms with Crippen molar-refractivity contribution in [2.45, 2.75) is 20.0 Å². The van der Waals surface area contributed by atoms with E-state index in [9.17, 15) is 19.2 Å². The van der Waals surface area contributed by atoms with E-state index in [0.29, 0.717) is 5.69 Å². The fraction of sp³-hybridized carbons (Fsp3) is 0.222. The lowest BCUT2D eigenvalue weighted by atomic mass is 10.1. The Balaban J connectivity index is 2.02. The summed E-state index contributed by atoms with van der Waals surface area (Å²) in [5.74, 6) is -2.21. The van der Waals surface area contributed by atoms with Gasteiger partial charge in [-0.25, -0.2) is 9.59 Å². The van der Waals surface area contributed by atoms with Gasteiger partial charge in [-0.15, -0.1) is 0 Å². The summed E-state index contributed by atoms with van der Waals surface area (Å²) in [5, 5.41) is 4.50. The normalized spacial score (nSPS) is 11.5. The van der Waals surface area contributed by atoms with Gasteiger partial charge in [0, 0.05) is 5.69 Å². The van der Waals surface area contributed by atoms with Crippen LogP contribution in [0.5, 0.6) is 0 Å². The third-order valence-electron chi connectivity index (χ3n) is 3.47. The van der Waals surface area contributed by atoms with Gasteiger partial charge in [0.25, 0.3) is 11.8 Å². The van der Waals surface area contributed by atoms with Gasteiger partial charge in [0.2, 0.25) is 0 Å². The maximum Gasteiger partial charge on any atom is 0.338 e. The van der Waals surface area contributed by atoms with Crippen LogP contribution in [0, 0.1) is 5.92 Å². The number of amides is 4. The van der Waals surface area contributed by atoms with Gasteiger partial charge in [-0.2, -0.15) is 0 Å². The minimum atomic E-state index is -1.18. The van der Waals surface area contributed by atoms with E-state index in [-0.39, 0.29) is 17.2 Å². The number of anilines is 1. The summed E-state index contributed by atoms with van der Waals surface area (Å²) in [5.41, 5.74) is 5.53. The molecule has 2 rings (SSSR count). The molecule has 2 aromatic rings. The summed E-state index contributed by atoms with van der Waals surface area (Å²) in [6.07, 6.45) is 0.205. The Labute approximate surface area is 154 Å². The van der Waals surface area contributed by atoms with Crippen molar-refractivity contribution in [1.82, 2.24) is 5.32 Å². The van der Waals surface area contributed by atoms with Crippen molar-refractivity contribution in [2.75, 3.05) is 5.32 Å². The molecule has 4 amide bonds. The molecule has 27 heavy (non-hydrogen) atoms. The van der Waals surface area contributed by atoms with Gasteiger partial charge in [0.1, 0.15) is 0 Å². The van der Waals surface area contributed by atoms with Crippen LogP contribution >= 0.6 is 0 Å². The largest absolute Gasteiger partial charge is 0.459 e. The van der Waals surface area contributed by atoms with E-state index in [1.807, 2.05) is 5.32 Å². The maximum atomic E-state index is 12.2. The molecule has 0 spiro atoms. The number of rotatable bonds is 6. The Bertz CT molecular complexity index is 827. The minimum absolute atomic E-state index is 0.152. The van der Waals surface area contributed by atoms with Crippen molar-refractivity contribution >= 4 is 29.5 Å². The van der Waals surface area contributed by atoms with Crippen molar-refractivity contribution in [3.63, 3.8) is 0 Å². The molecule has 0 aliphatic rings. The number of carbonyl (C=O) groups excluding carboxylic acids is 4. The molecule has 142 valence electrons. The maximum absolute atomic E-state index is 12.2. The first-order chi connectivity index (χ1) is 12.8. The van der Waals surface area contributed by atoms with Gasteiger partial charge in [-0.1, -0.05) is 13.8 Å². The Morgan fingerprint density at radius 3 is 2.26 bits per heavy atom. The Hall–Kier alpha value is -3.62. The highest BCUT2D eigenvalue weighted by molar-refractivity contribution is 6.02. The fourth-order valence-corrected chi connectivity index (χ4v) is 2.16. The Kier molecular flexibility index (Phi) is 6.32. The monoisotopic (exact) mass is 373 g/mol. The van der Waals surface area contributed by atoms with E-state index in [1.165, 1.54) is 36.6 Å². The third kappa shape index (κ3) is 5.43. The second-order valence-corrected chi connectivity index (χ2v) is 5.93. The zero-order valence-electron chi connectivity index (χ0n) is 14.7. The molecule has 9 heteroatoms. The molecule has 0 bridgehead atoms. The van der Waals surface area contributed by atoms with E-state index in [2.05, 4.69) is 5.32 Å². The minimum Gasteiger partial charge on any atom is -0.459 e. The lowest BCUT2D eigenvalue weighted by Gasteiger charge is -2.19. The third-order valence-corrected chi connectivity index (χ3v) is 3.47. The molecule has 9 nitrogen and oxygen atoms in total. The van der Waals surface area contributed by atoms with E-state index in [1.54, 1.807) is 19.9 Å². The van der Waals surface area contributed by atoms with E-state index >= 15 is 0 Å². The summed E-state index contributed by atoms with van der Waals surface area (Å²) in [7, 11) is 0. The average molecular weight is 373 g/mol. The molecule has 0 aliphatic heterocycles. The standard InChI is InChI=1S/C18H19N3O6/c1-10(2)14(16(23)21-18(19)25)27-17(24)11-5-7-12(8-6-11)20-15(22)13-4-3-9-26-13/h3-10,14H,1-2H3,(H,20,22)(H3,19,21,23,25)/t14-/m0/s1. The molecular formula is C18H19N3O6.